The zero-order valence-electron chi connectivity index (χ0n) is 13.8. The lowest BCUT2D eigenvalue weighted by Crippen LogP contribution is -2.41. The smallest absolute Gasteiger partial charge is 0.407 e. The summed E-state index contributed by atoms with van der Waals surface area (Å²) in [4.78, 5) is 20.7. The van der Waals surface area contributed by atoms with Gasteiger partial charge in [-0.05, 0) is 47.2 Å². The van der Waals surface area contributed by atoms with Gasteiger partial charge in [0.1, 0.15) is 18.2 Å². The number of likely N-dealkylation sites (tertiary alicyclic amines) is 1. The number of carboxylic acid groups (broad SMARTS) is 1. The van der Waals surface area contributed by atoms with Gasteiger partial charge in [-0.3, -0.25) is 0 Å². The lowest BCUT2D eigenvalue weighted by atomic mass is 10.1. The maximum Gasteiger partial charge on any atom is 0.407 e. The van der Waals surface area contributed by atoms with Crippen LogP contribution in [0.5, 0.6) is 5.88 Å². The zero-order chi connectivity index (χ0) is 17.8. The molecular weight excluding hydrogens is 435 g/mol. The van der Waals surface area contributed by atoms with Crippen LogP contribution in [0.15, 0.2) is 30.6 Å². The number of nitrogens with one attached hydrogen (secondary N) is 1. The molecule has 1 aromatic carbocycles. The Balaban J connectivity index is 1.62. The van der Waals surface area contributed by atoms with Crippen molar-refractivity contribution in [2.24, 2.45) is 0 Å². The van der Waals surface area contributed by atoms with Gasteiger partial charge < -0.3 is 20.1 Å². The van der Waals surface area contributed by atoms with Gasteiger partial charge in [0.15, 0.2) is 0 Å². The Morgan fingerprint density at radius 3 is 2.76 bits per heavy atom. The first-order valence-electron chi connectivity index (χ1n) is 8.01. The quantitative estimate of drug-likeness (QED) is 0.686. The molecule has 0 aliphatic carbocycles. The molecule has 0 saturated carbocycles. The van der Waals surface area contributed by atoms with Crippen LogP contribution in [0.2, 0.25) is 0 Å². The normalized spacial score (nSPS) is 15.0. The highest BCUT2D eigenvalue weighted by Gasteiger charge is 2.23. The third-order valence-electron chi connectivity index (χ3n) is 4.09. The molecular formula is C17H19IN4O3. The molecule has 1 aromatic heterocycles. The number of amides is 1. The summed E-state index contributed by atoms with van der Waals surface area (Å²) >= 11 is 2.30. The van der Waals surface area contributed by atoms with Gasteiger partial charge in [0, 0.05) is 41.3 Å². The third-order valence-corrected chi connectivity index (χ3v) is 5.25. The first-order chi connectivity index (χ1) is 12.0. The molecule has 132 valence electrons. The Bertz CT molecular complexity index is 763. The van der Waals surface area contributed by atoms with Crippen molar-refractivity contribution in [3.8, 4) is 5.88 Å². The van der Waals surface area contributed by atoms with Crippen LogP contribution in [-0.2, 0) is 0 Å². The molecule has 2 heterocycles. The highest BCUT2D eigenvalue weighted by Crippen LogP contribution is 2.23. The van der Waals surface area contributed by atoms with Gasteiger partial charge in [0.25, 0.3) is 0 Å². The molecule has 1 amide bonds. The maximum atomic E-state index is 10.9. The number of aryl methyl sites for hydroxylation is 1. The third kappa shape index (κ3) is 4.71. The lowest BCUT2D eigenvalue weighted by molar-refractivity contribution is 0.0870. The SMILES string of the molecule is Cc1ccc(Nc2cc(OC3CCN(C(=O)O)CC3)ncn2)cc1I. The number of piperidine rings is 1. The van der Waals surface area contributed by atoms with Crippen LogP contribution < -0.4 is 10.1 Å². The van der Waals surface area contributed by atoms with E-state index in [-0.39, 0.29) is 6.10 Å². The minimum Gasteiger partial charge on any atom is -0.474 e. The molecule has 8 heteroatoms. The van der Waals surface area contributed by atoms with Crippen LogP contribution in [-0.4, -0.2) is 45.3 Å². The summed E-state index contributed by atoms with van der Waals surface area (Å²) in [5.74, 6) is 1.15. The second-order valence-electron chi connectivity index (χ2n) is 5.92. The molecule has 0 unspecified atom stereocenters. The summed E-state index contributed by atoms with van der Waals surface area (Å²) in [5.41, 5.74) is 2.18. The number of hydrogen-bond acceptors (Lipinski definition) is 5. The van der Waals surface area contributed by atoms with Crippen LogP contribution in [0.3, 0.4) is 0 Å². The van der Waals surface area contributed by atoms with Crippen LogP contribution in [0.25, 0.3) is 0 Å². The van der Waals surface area contributed by atoms with E-state index in [1.807, 2.05) is 6.07 Å². The molecule has 2 N–H and O–H groups in total. The van der Waals surface area contributed by atoms with E-state index < -0.39 is 6.09 Å². The lowest BCUT2D eigenvalue weighted by Gasteiger charge is -2.29. The Kier molecular flexibility index (Phi) is 5.57. The highest BCUT2D eigenvalue weighted by atomic mass is 127. The zero-order valence-corrected chi connectivity index (χ0v) is 15.9. The van der Waals surface area contributed by atoms with Gasteiger partial charge in [-0.25, -0.2) is 14.8 Å². The molecule has 1 aliphatic rings. The number of benzene rings is 1. The summed E-state index contributed by atoms with van der Waals surface area (Å²) in [7, 11) is 0. The monoisotopic (exact) mass is 454 g/mol. The number of halogens is 1. The van der Waals surface area contributed by atoms with E-state index in [1.165, 1.54) is 20.4 Å². The first-order valence-corrected chi connectivity index (χ1v) is 9.09. The van der Waals surface area contributed by atoms with Gasteiger partial charge in [0.05, 0.1) is 0 Å². The summed E-state index contributed by atoms with van der Waals surface area (Å²) in [6.07, 6.45) is 1.88. The summed E-state index contributed by atoms with van der Waals surface area (Å²) in [6, 6.07) is 7.87. The number of nitrogens with zero attached hydrogens (tertiary/aromatic N) is 3. The number of aromatic nitrogens is 2. The minimum atomic E-state index is -0.875. The van der Waals surface area contributed by atoms with E-state index in [0.29, 0.717) is 37.6 Å². The largest absolute Gasteiger partial charge is 0.474 e. The Morgan fingerprint density at radius 2 is 2.08 bits per heavy atom. The predicted molar refractivity (Wildman–Crippen MR) is 102 cm³/mol. The molecule has 1 saturated heterocycles. The van der Waals surface area contributed by atoms with E-state index in [4.69, 9.17) is 9.84 Å². The molecule has 25 heavy (non-hydrogen) atoms. The average molecular weight is 454 g/mol. The van der Waals surface area contributed by atoms with E-state index >= 15 is 0 Å². The van der Waals surface area contributed by atoms with Crippen molar-refractivity contribution in [3.63, 3.8) is 0 Å². The number of carbonyl (C=O) groups is 1. The second-order valence-corrected chi connectivity index (χ2v) is 7.08. The number of hydrogen-bond donors (Lipinski definition) is 2. The Morgan fingerprint density at radius 1 is 1.32 bits per heavy atom. The second kappa shape index (κ2) is 7.85. The molecule has 2 aromatic rings. The average Bonchev–Trinajstić information content (AvgIpc) is 2.59. The molecule has 1 aliphatic heterocycles. The van der Waals surface area contributed by atoms with Crippen LogP contribution in [0.1, 0.15) is 18.4 Å². The van der Waals surface area contributed by atoms with E-state index in [2.05, 4.69) is 56.9 Å². The predicted octanol–water partition coefficient (Wildman–Crippen LogP) is 3.65. The van der Waals surface area contributed by atoms with Crippen LogP contribution in [0.4, 0.5) is 16.3 Å². The highest BCUT2D eigenvalue weighted by molar-refractivity contribution is 14.1. The minimum absolute atomic E-state index is 0.0290. The van der Waals surface area contributed by atoms with Crippen molar-refractivity contribution in [1.82, 2.24) is 14.9 Å². The van der Waals surface area contributed by atoms with Crippen molar-refractivity contribution in [2.75, 3.05) is 18.4 Å². The molecule has 0 atom stereocenters. The van der Waals surface area contributed by atoms with Crippen molar-refractivity contribution in [3.05, 3.63) is 39.7 Å². The van der Waals surface area contributed by atoms with Crippen molar-refractivity contribution < 1.29 is 14.6 Å². The summed E-state index contributed by atoms with van der Waals surface area (Å²) in [5, 5.41) is 12.2. The molecule has 0 bridgehead atoms. The van der Waals surface area contributed by atoms with Gasteiger partial charge in [0.2, 0.25) is 5.88 Å². The number of ether oxygens (including phenoxy) is 1. The maximum absolute atomic E-state index is 10.9. The van der Waals surface area contributed by atoms with Crippen molar-refractivity contribution in [1.29, 1.82) is 0 Å². The Hall–Kier alpha value is -2.10. The molecule has 1 fully saturated rings. The van der Waals surface area contributed by atoms with E-state index in [1.54, 1.807) is 6.07 Å². The Labute approximate surface area is 159 Å². The van der Waals surface area contributed by atoms with Crippen LogP contribution >= 0.6 is 22.6 Å². The van der Waals surface area contributed by atoms with Crippen LogP contribution in [0, 0.1) is 10.5 Å². The van der Waals surface area contributed by atoms with Crippen molar-refractivity contribution >= 4 is 40.2 Å². The molecule has 7 nitrogen and oxygen atoms in total. The van der Waals surface area contributed by atoms with Gasteiger partial charge >= 0.3 is 6.09 Å². The molecule has 3 rings (SSSR count). The summed E-state index contributed by atoms with van der Waals surface area (Å²) < 4.78 is 7.07. The summed E-state index contributed by atoms with van der Waals surface area (Å²) in [6.45, 7) is 3.04. The number of anilines is 2. The standard InChI is InChI=1S/C17H19IN4O3/c1-11-2-3-12(8-14(11)18)21-15-9-16(20-10-19-15)25-13-4-6-22(7-5-13)17(23)24/h2-3,8-10,13H,4-7H2,1H3,(H,23,24)(H,19,20,21). The van der Waals surface area contributed by atoms with E-state index in [0.717, 1.165) is 5.69 Å². The molecule has 0 spiro atoms. The van der Waals surface area contributed by atoms with Crippen molar-refractivity contribution in [2.45, 2.75) is 25.9 Å². The topological polar surface area (TPSA) is 87.6 Å². The fourth-order valence-electron chi connectivity index (χ4n) is 2.63. The fraction of sp³-hybridized carbons (Fsp3) is 0.353. The van der Waals surface area contributed by atoms with E-state index in [9.17, 15) is 4.79 Å². The van der Waals surface area contributed by atoms with Gasteiger partial charge in [-0.2, -0.15) is 0 Å². The van der Waals surface area contributed by atoms with Gasteiger partial charge in [-0.15, -0.1) is 0 Å². The van der Waals surface area contributed by atoms with Gasteiger partial charge in [-0.1, -0.05) is 6.07 Å². The number of rotatable bonds is 4. The fourth-order valence-corrected chi connectivity index (χ4v) is 3.14. The first kappa shape index (κ1) is 17.7. The molecule has 0 radical (unpaired) electrons.